The molecule has 1 aromatic heterocycles. The van der Waals surface area contributed by atoms with Crippen LogP contribution >= 0.6 is 0 Å². The second-order valence-corrected chi connectivity index (χ2v) is 8.27. The third-order valence-electron chi connectivity index (χ3n) is 5.80. The number of anilines is 1. The van der Waals surface area contributed by atoms with Gasteiger partial charge in [-0.2, -0.15) is 0 Å². The van der Waals surface area contributed by atoms with E-state index >= 15 is 0 Å². The van der Waals surface area contributed by atoms with Crippen LogP contribution in [0.3, 0.4) is 0 Å². The quantitative estimate of drug-likeness (QED) is 0.496. The molecule has 0 saturated carbocycles. The molecule has 4 rings (SSSR count). The molecule has 0 bridgehead atoms. The van der Waals surface area contributed by atoms with E-state index in [9.17, 15) is 9.59 Å². The SMILES string of the molecule is O=C(C=Cc1ccc(NC2CCN(C(=O)c3ccccc3)CC2)nc1)NOC1CCCCO1. The van der Waals surface area contributed by atoms with E-state index < -0.39 is 0 Å². The predicted octanol–water partition coefficient (Wildman–Crippen LogP) is 3.39. The Labute approximate surface area is 193 Å². The van der Waals surface area contributed by atoms with E-state index in [1.165, 1.54) is 6.08 Å². The van der Waals surface area contributed by atoms with Gasteiger partial charge in [0.15, 0.2) is 6.29 Å². The van der Waals surface area contributed by atoms with Crippen LogP contribution in [0, 0.1) is 0 Å². The van der Waals surface area contributed by atoms with Crippen molar-refractivity contribution in [1.82, 2.24) is 15.4 Å². The zero-order chi connectivity index (χ0) is 22.9. The Bertz CT molecular complexity index is 935. The highest BCUT2D eigenvalue weighted by Gasteiger charge is 2.23. The van der Waals surface area contributed by atoms with E-state index in [-0.39, 0.29) is 24.1 Å². The second kappa shape index (κ2) is 11.6. The number of hydroxylamine groups is 1. The summed E-state index contributed by atoms with van der Waals surface area (Å²) in [5, 5.41) is 3.44. The smallest absolute Gasteiger partial charge is 0.267 e. The first kappa shape index (κ1) is 22.9. The minimum absolute atomic E-state index is 0.0871. The van der Waals surface area contributed by atoms with Crippen molar-refractivity contribution in [1.29, 1.82) is 0 Å². The van der Waals surface area contributed by atoms with Crippen molar-refractivity contribution in [3.05, 3.63) is 65.9 Å². The summed E-state index contributed by atoms with van der Waals surface area (Å²) in [6.07, 6.45) is 9.02. The highest BCUT2D eigenvalue weighted by Crippen LogP contribution is 2.18. The molecule has 0 spiro atoms. The lowest BCUT2D eigenvalue weighted by Gasteiger charge is -2.32. The number of benzene rings is 1. The molecule has 8 nitrogen and oxygen atoms in total. The minimum atomic E-state index is -0.369. The number of nitrogens with one attached hydrogen (secondary N) is 2. The summed E-state index contributed by atoms with van der Waals surface area (Å²) < 4.78 is 5.41. The molecule has 1 aromatic carbocycles. The number of carbonyl (C=O) groups excluding carboxylic acids is 2. The Morgan fingerprint density at radius 2 is 1.88 bits per heavy atom. The predicted molar refractivity (Wildman–Crippen MR) is 125 cm³/mol. The number of piperidine rings is 1. The average molecular weight is 451 g/mol. The summed E-state index contributed by atoms with van der Waals surface area (Å²) in [4.78, 5) is 36.1. The van der Waals surface area contributed by atoms with E-state index in [1.54, 1.807) is 12.3 Å². The first-order chi connectivity index (χ1) is 16.2. The van der Waals surface area contributed by atoms with Crippen molar-refractivity contribution < 1.29 is 19.2 Å². The summed E-state index contributed by atoms with van der Waals surface area (Å²) >= 11 is 0. The Morgan fingerprint density at radius 1 is 1.06 bits per heavy atom. The number of amides is 2. The summed E-state index contributed by atoms with van der Waals surface area (Å²) in [6.45, 7) is 2.10. The van der Waals surface area contributed by atoms with Gasteiger partial charge < -0.3 is 15.0 Å². The van der Waals surface area contributed by atoms with E-state index in [1.807, 2.05) is 47.4 Å². The zero-order valence-electron chi connectivity index (χ0n) is 18.6. The summed E-state index contributed by atoms with van der Waals surface area (Å²) in [7, 11) is 0. The number of aromatic nitrogens is 1. The summed E-state index contributed by atoms with van der Waals surface area (Å²) in [5.74, 6) is 0.523. The van der Waals surface area contributed by atoms with Gasteiger partial charge >= 0.3 is 0 Å². The van der Waals surface area contributed by atoms with Gasteiger partial charge in [0.25, 0.3) is 11.8 Å². The van der Waals surface area contributed by atoms with Gasteiger partial charge in [-0.15, -0.1) is 0 Å². The van der Waals surface area contributed by atoms with Crippen LogP contribution in [0.2, 0.25) is 0 Å². The Hall–Kier alpha value is -3.23. The standard InChI is InChI=1S/C25H30N4O4/c30-23(28-33-24-8-4-5-17-32-24)12-10-19-9-11-22(26-18-19)27-21-13-15-29(16-14-21)25(31)20-6-2-1-3-7-20/h1-3,6-7,9-12,18,21,24H,4-5,8,13-17H2,(H,26,27)(H,28,30). The molecular weight excluding hydrogens is 420 g/mol. The summed E-state index contributed by atoms with van der Waals surface area (Å²) in [6, 6.07) is 13.5. The zero-order valence-corrected chi connectivity index (χ0v) is 18.6. The molecule has 3 heterocycles. The third kappa shape index (κ3) is 6.87. The minimum Gasteiger partial charge on any atom is -0.367 e. The molecule has 1 unspecified atom stereocenters. The molecule has 174 valence electrons. The lowest BCUT2D eigenvalue weighted by molar-refractivity contribution is -0.198. The van der Waals surface area contributed by atoms with Gasteiger partial charge in [0.05, 0.1) is 0 Å². The van der Waals surface area contributed by atoms with Gasteiger partial charge in [0, 0.05) is 50.0 Å². The van der Waals surface area contributed by atoms with Crippen molar-refractivity contribution in [3.63, 3.8) is 0 Å². The van der Waals surface area contributed by atoms with Crippen LogP contribution < -0.4 is 10.8 Å². The van der Waals surface area contributed by atoms with Crippen LogP contribution in [-0.2, 0) is 14.4 Å². The molecule has 0 radical (unpaired) electrons. The van der Waals surface area contributed by atoms with Gasteiger partial charge in [-0.25, -0.2) is 15.3 Å². The molecule has 1 atom stereocenters. The number of rotatable bonds is 7. The number of nitrogens with zero attached hydrogens (tertiary/aromatic N) is 2. The van der Waals surface area contributed by atoms with Crippen molar-refractivity contribution in [2.75, 3.05) is 25.0 Å². The number of likely N-dealkylation sites (tertiary alicyclic amines) is 1. The molecule has 2 fully saturated rings. The lowest BCUT2D eigenvalue weighted by Crippen LogP contribution is -2.42. The molecule has 33 heavy (non-hydrogen) atoms. The molecule has 2 N–H and O–H groups in total. The van der Waals surface area contributed by atoms with Gasteiger partial charge in [-0.05, 0) is 61.6 Å². The topological polar surface area (TPSA) is 92.8 Å². The van der Waals surface area contributed by atoms with Crippen LogP contribution in [0.5, 0.6) is 0 Å². The van der Waals surface area contributed by atoms with Gasteiger partial charge in [0.2, 0.25) is 0 Å². The number of carbonyl (C=O) groups is 2. The number of hydrogen-bond donors (Lipinski definition) is 2. The molecule has 2 aliphatic heterocycles. The Morgan fingerprint density at radius 3 is 2.58 bits per heavy atom. The van der Waals surface area contributed by atoms with Crippen molar-refractivity contribution in [2.24, 2.45) is 0 Å². The largest absolute Gasteiger partial charge is 0.367 e. The average Bonchev–Trinajstić information content (AvgIpc) is 2.88. The van der Waals surface area contributed by atoms with E-state index in [4.69, 9.17) is 9.57 Å². The normalized spacial score (nSPS) is 19.4. The van der Waals surface area contributed by atoms with Crippen LogP contribution in [0.4, 0.5) is 5.82 Å². The number of hydrogen-bond acceptors (Lipinski definition) is 6. The fourth-order valence-electron chi connectivity index (χ4n) is 3.92. The molecule has 2 aliphatic rings. The maximum atomic E-state index is 12.6. The molecule has 2 amide bonds. The summed E-state index contributed by atoms with van der Waals surface area (Å²) in [5.41, 5.74) is 3.94. The lowest BCUT2D eigenvalue weighted by atomic mass is 10.0. The van der Waals surface area contributed by atoms with Crippen LogP contribution in [0.25, 0.3) is 6.08 Å². The fourth-order valence-corrected chi connectivity index (χ4v) is 3.92. The Balaban J connectivity index is 1.19. The maximum Gasteiger partial charge on any atom is 0.267 e. The van der Waals surface area contributed by atoms with E-state index in [0.717, 1.165) is 62.1 Å². The molecular formula is C25H30N4O4. The third-order valence-corrected chi connectivity index (χ3v) is 5.80. The van der Waals surface area contributed by atoms with E-state index in [2.05, 4.69) is 15.8 Å². The van der Waals surface area contributed by atoms with Crippen LogP contribution in [0.15, 0.2) is 54.7 Å². The maximum absolute atomic E-state index is 12.6. The first-order valence-corrected chi connectivity index (χ1v) is 11.5. The number of pyridine rings is 1. The van der Waals surface area contributed by atoms with Crippen molar-refractivity contribution in [3.8, 4) is 0 Å². The van der Waals surface area contributed by atoms with Gasteiger partial charge in [-0.1, -0.05) is 18.2 Å². The fraction of sp³-hybridized carbons (Fsp3) is 0.400. The first-order valence-electron chi connectivity index (χ1n) is 11.5. The Kier molecular flexibility index (Phi) is 8.05. The van der Waals surface area contributed by atoms with Gasteiger partial charge in [0.1, 0.15) is 5.82 Å². The second-order valence-electron chi connectivity index (χ2n) is 8.27. The van der Waals surface area contributed by atoms with Crippen LogP contribution in [-0.4, -0.2) is 53.7 Å². The highest BCUT2D eigenvalue weighted by atomic mass is 16.8. The molecule has 8 heteroatoms. The number of ether oxygens (including phenoxy) is 1. The van der Waals surface area contributed by atoms with Crippen molar-refractivity contribution >= 4 is 23.7 Å². The van der Waals surface area contributed by atoms with Crippen LogP contribution in [0.1, 0.15) is 48.0 Å². The molecule has 0 aliphatic carbocycles. The van der Waals surface area contributed by atoms with E-state index in [0.29, 0.717) is 6.61 Å². The molecule has 2 saturated heterocycles. The monoisotopic (exact) mass is 450 g/mol. The van der Waals surface area contributed by atoms with Gasteiger partial charge in [-0.3, -0.25) is 9.59 Å². The molecule has 2 aromatic rings. The highest BCUT2D eigenvalue weighted by molar-refractivity contribution is 5.94. The van der Waals surface area contributed by atoms with Crippen molar-refractivity contribution in [2.45, 2.75) is 44.4 Å².